The van der Waals surface area contributed by atoms with Crippen molar-refractivity contribution in [3.05, 3.63) is 77.3 Å². The van der Waals surface area contributed by atoms with Gasteiger partial charge in [0, 0.05) is 19.0 Å². The molecule has 24 heavy (non-hydrogen) atoms. The molecule has 1 aliphatic rings. The number of aromatic nitrogens is 1. The molecular formula is C19H15FN2O2. The van der Waals surface area contributed by atoms with Gasteiger partial charge in [-0.25, -0.2) is 4.39 Å². The summed E-state index contributed by atoms with van der Waals surface area (Å²) in [4.78, 5) is 14.5. The molecular weight excluding hydrogens is 307 g/mol. The lowest BCUT2D eigenvalue weighted by Gasteiger charge is -2.31. The van der Waals surface area contributed by atoms with Crippen molar-refractivity contribution >= 4 is 5.91 Å². The third-order valence-electron chi connectivity index (χ3n) is 4.45. The van der Waals surface area contributed by atoms with Crippen LogP contribution in [0.5, 0.6) is 0 Å². The summed E-state index contributed by atoms with van der Waals surface area (Å²) in [6, 6.07) is 15.5. The second-order valence-electron chi connectivity index (χ2n) is 5.88. The number of carbonyl (C=O) groups excluding carboxylic acids is 1. The Morgan fingerprint density at radius 3 is 2.54 bits per heavy atom. The fourth-order valence-corrected chi connectivity index (χ4v) is 3.13. The van der Waals surface area contributed by atoms with Crippen LogP contribution in [0.3, 0.4) is 0 Å². The average Bonchev–Trinajstić information content (AvgIpc) is 3.04. The summed E-state index contributed by atoms with van der Waals surface area (Å²) >= 11 is 0. The van der Waals surface area contributed by atoms with Crippen LogP contribution in [-0.4, -0.2) is 23.0 Å². The number of halogens is 1. The molecule has 5 heteroatoms. The number of fused-ring (bicyclic) bond motifs is 1. The van der Waals surface area contributed by atoms with Gasteiger partial charge in [0.2, 0.25) is 0 Å². The van der Waals surface area contributed by atoms with E-state index < -0.39 is 0 Å². The number of benzene rings is 2. The lowest BCUT2D eigenvalue weighted by Crippen LogP contribution is -2.37. The van der Waals surface area contributed by atoms with E-state index >= 15 is 0 Å². The van der Waals surface area contributed by atoms with Crippen LogP contribution in [0.15, 0.2) is 59.1 Å². The van der Waals surface area contributed by atoms with Crippen LogP contribution in [0.1, 0.15) is 27.7 Å². The Kier molecular flexibility index (Phi) is 3.41. The number of likely N-dealkylation sites (N-methyl/N-ethyl adjacent to an activating group) is 1. The monoisotopic (exact) mass is 322 g/mol. The molecule has 0 fully saturated rings. The first-order valence-electron chi connectivity index (χ1n) is 7.71. The Morgan fingerprint density at radius 1 is 1.12 bits per heavy atom. The maximum Gasteiger partial charge on any atom is 0.260 e. The van der Waals surface area contributed by atoms with Crippen molar-refractivity contribution in [1.82, 2.24) is 10.1 Å². The summed E-state index contributed by atoms with van der Waals surface area (Å²) < 4.78 is 18.6. The van der Waals surface area contributed by atoms with Crippen LogP contribution >= 0.6 is 0 Å². The van der Waals surface area contributed by atoms with Crippen molar-refractivity contribution in [2.45, 2.75) is 12.5 Å². The van der Waals surface area contributed by atoms with Gasteiger partial charge in [-0.2, -0.15) is 0 Å². The fourth-order valence-electron chi connectivity index (χ4n) is 3.13. The highest BCUT2D eigenvalue weighted by molar-refractivity contribution is 6.01. The molecule has 0 saturated heterocycles. The molecule has 1 atom stereocenters. The minimum atomic E-state index is -0.296. The van der Waals surface area contributed by atoms with E-state index in [9.17, 15) is 9.18 Å². The Balaban J connectivity index is 1.75. The summed E-state index contributed by atoms with van der Waals surface area (Å²) in [5, 5.41) is 4.11. The molecule has 1 unspecified atom stereocenters. The number of amides is 1. The SMILES string of the molecule is CN1C(=O)c2c(-c3ccccc3)noc2CC1c1ccc(F)cc1. The molecule has 2 heterocycles. The van der Waals surface area contributed by atoms with Gasteiger partial charge in [0.1, 0.15) is 17.1 Å². The molecule has 1 aromatic heterocycles. The highest BCUT2D eigenvalue weighted by Gasteiger charge is 2.36. The number of hydrogen-bond donors (Lipinski definition) is 0. The van der Waals surface area contributed by atoms with E-state index in [1.807, 2.05) is 30.3 Å². The van der Waals surface area contributed by atoms with Crippen molar-refractivity contribution < 1.29 is 13.7 Å². The van der Waals surface area contributed by atoms with Gasteiger partial charge in [0.15, 0.2) is 5.76 Å². The summed E-state index contributed by atoms with van der Waals surface area (Å²) in [7, 11) is 1.75. The predicted molar refractivity (Wildman–Crippen MR) is 86.9 cm³/mol. The molecule has 4 nitrogen and oxygen atoms in total. The Morgan fingerprint density at radius 2 is 1.83 bits per heavy atom. The van der Waals surface area contributed by atoms with Crippen LogP contribution in [0, 0.1) is 5.82 Å². The van der Waals surface area contributed by atoms with E-state index in [2.05, 4.69) is 5.16 Å². The number of hydrogen-bond acceptors (Lipinski definition) is 3. The maximum absolute atomic E-state index is 13.1. The molecule has 0 bridgehead atoms. The molecule has 0 radical (unpaired) electrons. The standard InChI is InChI=1S/C19H15FN2O2/c1-22-15(12-7-9-14(20)10-8-12)11-16-17(19(22)23)18(21-24-16)13-5-3-2-4-6-13/h2-10,15H,11H2,1H3. The number of carbonyl (C=O) groups is 1. The molecule has 1 aliphatic heterocycles. The maximum atomic E-state index is 13.1. The molecule has 120 valence electrons. The van der Waals surface area contributed by atoms with E-state index in [-0.39, 0.29) is 17.8 Å². The van der Waals surface area contributed by atoms with Gasteiger partial charge >= 0.3 is 0 Å². The molecule has 2 aromatic carbocycles. The number of rotatable bonds is 2. The zero-order valence-electron chi connectivity index (χ0n) is 13.1. The molecule has 0 N–H and O–H groups in total. The van der Waals surface area contributed by atoms with Crippen LogP contribution in [-0.2, 0) is 6.42 Å². The van der Waals surface area contributed by atoms with Gasteiger partial charge in [-0.1, -0.05) is 47.6 Å². The largest absolute Gasteiger partial charge is 0.360 e. The van der Waals surface area contributed by atoms with Crippen molar-refractivity contribution in [2.24, 2.45) is 0 Å². The fraction of sp³-hybridized carbons (Fsp3) is 0.158. The zero-order valence-corrected chi connectivity index (χ0v) is 13.1. The van der Waals surface area contributed by atoms with Crippen molar-refractivity contribution in [2.75, 3.05) is 7.05 Å². The lowest BCUT2D eigenvalue weighted by atomic mass is 9.92. The van der Waals surface area contributed by atoms with E-state index in [1.165, 1.54) is 12.1 Å². The van der Waals surface area contributed by atoms with Gasteiger partial charge in [-0.15, -0.1) is 0 Å². The highest BCUT2D eigenvalue weighted by atomic mass is 19.1. The molecule has 0 saturated carbocycles. The van der Waals surface area contributed by atoms with E-state index in [1.54, 1.807) is 24.1 Å². The smallest absolute Gasteiger partial charge is 0.260 e. The van der Waals surface area contributed by atoms with Gasteiger partial charge in [0.25, 0.3) is 5.91 Å². The van der Waals surface area contributed by atoms with E-state index in [0.29, 0.717) is 23.4 Å². The minimum absolute atomic E-state index is 0.134. The first-order valence-corrected chi connectivity index (χ1v) is 7.71. The average molecular weight is 322 g/mol. The van der Waals surface area contributed by atoms with Gasteiger partial charge in [-0.05, 0) is 17.7 Å². The molecule has 4 rings (SSSR count). The molecule has 3 aromatic rings. The van der Waals surface area contributed by atoms with Gasteiger partial charge < -0.3 is 9.42 Å². The third kappa shape index (κ3) is 2.29. The second-order valence-corrected chi connectivity index (χ2v) is 5.88. The Bertz CT molecular complexity index is 887. The quantitative estimate of drug-likeness (QED) is 0.720. The summed E-state index contributed by atoms with van der Waals surface area (Å²) in [5.74, 6) is 0.146. The Hall–Kier alpha value is -2.95. The second kappa shape index (κ2) is 5.60. The molecule has 1 amide bonds. The summed E-state index contributed by atoms with van der Waals surface area (Å²) in [5.41, 5.74) is 2.81. The van der Waals surface area contributed by atoms with Crippen LogP contribution < -0.4 is 0 Å². The van der Waals surface area contributed by atoms with Gasteiger partial charge in [-0.3, -0.25) is 4.79 Å². The van der Waals surface area contributed by atoms with Crippen LogP contribution in [0.2, 0.25) is 0 Å². The van der Waals surface area contributed by atoms with Crippen LogP contribution in [0.4, 0.5) is 4.39 Å². The topological polar surface area (TPSA) is 46.3 Å². The van der Waals surface area contributed by atoms with Crippen molar-refractivity contribution in [3.8, 4) is 11.3 Å². The third-order valence-corrected chi connectivity index (χ3v) is 4.45. The van der Waals surface area contributed by atoms with Gasteiger partial charge in [0.05, 0.1) is 6.04 Å². The van der Waals surface area contributed by atoms with E-state index in [4.69, 9.17) is 4.52 Å². The van der Waals surface area contributed by atoms with Crippen LogP contribution in [0.25, 0.3) is 11.3 Å². The minimum Gasteiger partial charge on any atom is -0.360 e. The predicted octanol–water partition coefficient (Wildman–Crippen LogP) is 3.85. The normalized spacial score (nSPS) is 17.0. The first kappa shape index (κ1) is 14.6. The van der Waals surface area contributed by atoms with E-state index in [0.717, 1.165) is 11.1 Å². The lowest BCUT2D eigenvalue weighted by molar-refractivity contribution is 0.0694. The van der Waals surface area contributed by atoms with Crippen molar-refractivity contribution in [1.29, 1.82) is 0 Å². The summed E-state index contributed by atoms with van der Waals surface area (Å²) in [6.07, 6.45) is 0.517. The highest BCUT2D eigenvalue weighted by Crippen LogP contribution is 2.36. The molecule has 0 aliphatic carbocycles. The Labute approximate surface area is 138 Å². The zero-order chi connectivity index (χ0) is 16.7. The number of nitrogens with zero attached hydrogens (tertiary/aromatic N) is 2. The first-order chi connectivity index (χ1) is 11.6. The summed E-state index contributed by atoms with van der Waals surface area (Å²) in [6.45, 7) is 0. The molecule has 0 spiro atoms. The van der Waals surface area contributed by atoms with Crippen molar-refractivity contribution in [3.63, 3.8) is 0 Å².